The molecule has 0 aromatic carbocycles. The summed E-state index contributed by atoms with van der Waals surface area (Å²) in [6, 6.07) is 1.93. The van der Waals surface area contributed by atoms with E-state index in [0.717, 1.165) is 11.0 Å². The molecule has 1 unspecified atom stereocenters. The lowest BCUT2D eigenvalue weighted by molar-refractivity contribution is -0.998. The number of hydrogen-bond donors (Lipinski definition) is 1. The van der Waals surface area contributed by atoms with Gasteiger partial charge in [0, 0.05) is 5.57 Å². The SMILES string of the molecule is C=C(C)C(=O)OCCOP(=O)(O)OCC[N+](C1CCCCC1)(C1CCCCC1)C1CCCCC1. The van der Waals surface area contributed by atoms with Crippen LogP contribution >= 0.6 is 7.82 Å². The fourth-order valence-corrected chi connectivity index (χ4v) is 7.58. The van der Waals surface area contributed by atoms with Crippen molar-refractivity contribution in [2.75, 3.05) is 26.4 Å². The highest BCUT2D eigenvalue weighted by Gasteiger charge is 2.49. The molecule has 3 rings (SSSR count). The Kier molecular flexibility index (Phi) is 11.1. The average molecular weight is 501 g/mol. The largest absolute Gasteiger partial charge is 0.472 e. The summed E-state index contributed by atoms with van der Waals surface area (Å²) in [5.74, 6) is -0.535. The molecule has 3 saturated carbocycles. The maximum atomic E-state index is 12.6. The Labute approximate surface area is 206 Å². The predicted octanol–water partition coefficient (Wildman–Crippen LogP) is 6.05. The van der Waals surface area contributed by atoms with Gasteiger partial charge in [0.25, 0.3) is 0 Å². The second-order valence-electron chi connectivity index (χ2n) is 10.6. The van der Waals surface area contributed by atoms with Crippen molar-refractivity contribution in [3.8, 4) is 0 Å². The van der Waals surface area contributed by atoms with Gasteiger partial charge in [0.1, 0.15) is 19.8 Å². The number of carbonyl (C=O) groups is 1. The summed E-state index contributed by atoms with van der Waals surface area (Å²) >= 11 is 0. The Morgan fingerprint density at radius 3 is 1.62 bits per heavy atom. The number of nitrogens with zero attached hydrogens (tertiary/aromatic N) is 1. The summed E-state index contributed by atoms with van der Waals surface area (Å²) in [6.07, 6.45) is 19.4. The number of phosphoric acid groups is 1. The first-order valence-electron chi connectivity index (χ1n) is 13.7. The van der Waals surface area contributed by atoms with Crippen LogP contribution in [-0.2, 0) is 23.1 Å². The highest BCUT2D eigenvalue weighted by atomic mass is 31.2. The van der Waals surface area contributed by atoms with E-state index < -0.39 is 13.8 Å². The Balaban J connectivity index is 1.66. The Morgan fingerprint density at radius 2 is 1.21 bits per heavy atom. The molecule has 0 aromatic heterocycles. The molecule has 0 saturated heterocycles. The molecular formula is C26H47NO6P+. The standard InChI is InChI=1S/C26H46NO6P/c1-22(2)26(28)31-20-21-33-34(29,30)32-19-18-27(23-12-6-3-7-13-23,24-14-8-4-9-15-24)25-16-10-5-11-17-25/h23-25H,1,3-21H2,2H3/p+1. The first kappa shape index (κ1) is 27.9. The minimum atomic E-state index is -4.21. The summed E-state index contributed by atoms with van der Waals surface area (Å²) in [6.45, 7) is 5.80. The van der Waals surface area contributed by atoms with Crippen LogP contribution in [-0.4, -0.2) is 59.8 Å². The van der Waals surface area contributed by atoms with Gasteiger partial charge in [0.15, 0.2) is 0 Å². The predicted molar refractivity (Wildman–Crippen MR) is 133 cm³/mol. The molecule has 0 heterocycles. The zero-order valence-electron chi connectivity index (χ0n) is 21.3. The summed E-state index contributed by atoms with van der Waals surface area (Å²) in [4.78, 5) is 21.7. The maximum absolute atomic E-state index is 12.6. The summed E-state index contributed by atoms with van der Waals surface area (Å²) in [5, 5.41) is 0. The van der Waals surface area contributed by atoms with Gasteiger partial charge < -0.3 is 14.1 Å². The van der Waals surface area contributed by atoms with Crippen molar-refractivity contribution >= 4 is 13.8 Å². The molecule has 0 bridgehead atoms. The molecule has 1 atom stereocenters. The van der Waals surface area contributed by atoms with Crippen molar-refractivity contribution in [3.63, 3.8) is 0 Å². The molecular weight excluding hydrogens is 453 g/mol. The van der Waals surface area contributed by atoms with Crippen LogP contribution in [0.25, 0.3) is 0 Å². The summed E-state index contributed by atoms with van der Waals surface area (Å²) in [7, 11) is -4.21. The van der Waals surface area contributed by atoms with Crippen LogP contribution < -0.4 is 0 Å². The molecule has 0 aromatic rings. The Morgan fingerprint density at radius 1 is 0.794 bits per heavy atom. The molecule has 3 aliphatic rings. The molecule has 1 N–H and O–H groups in total. The van der Waals surface area contributed by atoms with E-state index in [0.29, 0.717) is 18.1 Å². The van der Waals surface area contributed by atoms with E-state index in [1.807, 2.05) is 0 Å². The number of ether oxygens (including phenoxy) is 1. The van der Waals surface area contributed by atoms with Crippen LogP contribution in [0.2, 0.25) is 0 Å². The van der Waals surface area contributed by atoms with Gasteiger partial charge in [-0.15, -0.1) is 0 Å². The van der Waals surface area contributed by atoms with Gasteiger partial charge in [-0.1, -0.05) is 25.8 Å². The minimum absolute atomic E-state index is 0.105. The second-order valence-corrected chi connectivity index (χ2v) is 12.1. The molecule has 7 nitrogen and oxygen atoms in total. The number of esters is 1. The molecule has 3 aliphatic carbocycles. The maximum Gasteiger partial charge on any atom is 0.472 e. The number of phosphoric ester groups is 1. The first-order valence-corrected chi connectivity index (χ1v) is 15.2. The number of hydrogen-bond acceptors (Lipinski definition) is 5. The van der Waals surface area contributed by atoms with E-state index in [2.05, 4.69) is 6.58 Å². The third-order valence-corrected chi connectivity index (χ3v) is 9.43. The van der Waals surface area contributed by atoms with E-state index in [-0.39, 0.29) is 25.4 Å². The van der Waals surface area contributed by atoms with Crippen molar-refractivity contribution in [1.29, 1.82) is 0 Å². The smallest absolute Gasteiger partial charge is 0.460 e. The zero-order chi connectivity index (χ0) is 24.4. The van der Waals surface area contributed by atoms with Crippen LogP contribution in [0.3, 0.4) is 0 Å². The minimum Gasteiger partial charge on any atom is -0.460 e. The molecule has 8 heteroatoms. The van der Waals surface area contributed by atoms with Gasteiger partial charge in [-0.3, -0.25) is 9.05 Å². The van der Waals surface area contributed by atoms with Crippen molar-refractivity contribution in [3.05, 3.63) is 12.2 Å². The lowest BCUT2D eigenvalue weighted by Crippen LogP contribution is -2.68. The summed E-state index contributed by atoms with van der Waals surface area (Å²) in [5.41, 5.74) is 0.283. The Hall–Kier alpha value is -0.720. The van der Waals surface area contributed by atoms with E-state index >= 15 is 0 Å². The van der Waals surface area contributed by atoms with E-state index in [1.165, 1.54) is 96.3 Å². The van der Waals surface area contributed by atoms with Gasteiger partial charge in [0.05, 0.1) is 24.7 Å². The van der Waals surface area contributed by atoms with Crippen LogP contribution in [0.1, 0.15) is 103 Å². The van der Waals surface area contributed by atoms with Crippen molar-refractivity contribution in [2.45, 2.75) is 121 Å². The highest BCUT2D eigenvalue weighted by molar-refractivity contribution is 7.47. The molecule has 196 valence electrons. The fourth-order valence-electron chi connectivity index (χ4n) is 6.89. The van der Waals surface area contributed by atoms with E-state index in [9.17, 15) is 14.3 Å². The topological polar surface area (TPSA) is 82.1 Å². The van der Waals surface area contributed by atoms with Crippen LogP contribution in [0.4, 0.5) is 0 Å². The highest BCUT2D eigenvalue weighted by Crippen LogP contribution is 2.46. The van der Waals surface area contributed by atoms with Crippen molar-refractivity contribution < 1.29 is 32.5 Å². The van der Waals surface area contributed by atoms with Gasteiger partial charge in [-0.2, -0.15) is 0 Å². The molecule has 0 aliphatic heterocycles. The third kappa shape index (κ3) is 7.64. The van der Waals surface area contributed by atoms with Crippen LogP contribution in [0.5, 0.6) is 0 Å². The van der Waals surface area contributed by atoms with E-state index in [4.69, 9.17) is 13.8 Å². The second kappa shape index (κ2) is 13.5. The number of quaternary nitrogens is 1. The average Bonchev–Trinajstić information content (AvgIpc) is 2.86. The van der Waals surface area contributed by atoms with Crippen molar-refractivity contribution in [2.24, 2.45) is 0 Å². The normalized spacial score (nSPS) is 23.4. The molecule has 0 radical (unpaired) electrons. The van der Waals surface area contributed by atoms with Gasteiger partial charge in [-0.25, -0.2) is 9.36 Å². The molecule has 3 fully saturated rings. The fraction of sp³-hybridized carbons (Fsp3) is 0.885. The van der Waals surface area contributed by atoms with E-state index in [1.54, 1.807) is 6.92 Å². The lowest BCUT2D eigenvalue weighted by atomic mass is 9.80. The number of rotatable bonds is 12. The quantitative estimate of drug-likeness (QED) is 0.115. The molecule has 0 amide bonds. The third-order valence-electron chi connectivity index (χ3n) is 8.42. The number of carbonyl (C=O) groups excluding carboxylic acids is 1. The molecule has 34 heavy (non-hydrogen) atoms. The van der Waals surface area contributed by atoms with Gasteiger partial charge in [0.2, 0.25) is 0 Å². The summed E-state index contributed by atoms with van der Waals surface area (Å²) < 4.78 is 29.2. The first-order chi connectivity index (χ1) is 16.3. The lowest BCUT2D eigenvalue weighted by Gasteiger charge is -2.57. The van der Waals surface area contributed by atoms with Crippen LogP contribution in [0, 0.1) is 0 Å². The van der Waals surface area contributed by atoms with Gasteiger partial charge in [-0.05, 0) is 84.0 Å². The monoisotopic (exact) mass is 500 g/mol. The van der Waals surface area contributed by atoms with Gasteiger partial charge >= 0.3 is 13.8 Å². The Bertz CT molecular complexity index is 650. The van der Waals surface area contributed by atoms with Crippen molar-refractivity contribution in [1.82, 2.24) is 0 Å². The molecule has 0 spiro atoms. The van der Waals surface area contributed by atoms with Crippen LogP contribution in [0.15, 0.2) is 12.2 Å². The zero-order valence-corrected chi connectivity index (χ0v) is 22.2.